The number of carbonyl (C=O) groups excluding carboxylic acids is 1. The summed E-state index contributed by atoms with van der Waals surface area (Å²) in [5.41, 5.74) is 7.48. The Morgan fingerprint density at radius 1 is 1.50 bits per heavy atom. The predicted molar refractivity (Wildman–Crippen MR) is 67.6 cm³/mol. The lowest BCUT2D eigenvalue weighted by Crippen LogP contribution is -2.26. The first kappa shape index (κ1) is 13.0. The van der Waals surface area contributed by atoms with Gasteiger partial charge in [0.2, 0.25) is 5.91 Å². The van der Waals surface area contributed by atoms with E-state index in [1.54, 1.807) is 0 Å². The Balaban J connectivity index is 3.04. The van der Waals surface area contributed by atoms with Crippen molar-refractivity contribution in [3.8, 4) is 0 Å². The maximum Gasteiger partial charge on any atom is 0.220 e. The number of halogens is 1. The molecule has 0 bridgehead atoms. The SMILES string of the molecule is CCC(c1ccc(C)c(Cl)c1)C(C)C(N)=O. The van der Waals surface area contributed by atoms with Crippen LogP contribution in [0.4, 0.5) is 0 Å². The van der Waals surface area contributed by atoms with Gasteiger partial charge in [-0.25, -0.2) is 0 Å². The third kappa shape index (κ3) is 2.76. The normalized spacial score (nSPS) is 14.5. The molecule has 2 N–H and O–H groups in total. The lowest BCUT2D eigenvalue weighted by Gasteiger charge is -2.21. The van der Waals surface area contributed by atoms with Gasteiger partial charge in [0.1, 0.15) is 0 Å². The molecule has 0 aromatic heterocycles. The van der Waals surface area contributed by atoms with Gasteiger partial charge in [0.05, 0.1) is 0 Å². The summed E-state index contributed by atoms with van der Waals surface area (Å²) in [5.74, 6) is -0.275. The first-order valence-corrected chi connectivity index (χ1v) is 5.90. The van der Waals surface area contributed by atoms with Crippen molar-refractivity contribution in [1.29, 1.82) is 0 Å². The highest BCUT2D eigenvalue weighted by molar-refractivity contribution is 6.31. The summed E-state index contributed by atoms with van der Waals surface area (Å²) in [4.78, 5) is 11.2. The molecule has 1 amide bonds. The summed E-state index contributed by atoms with van der Waals surface area (Å²) >= 11 is 6.08. The predicted octanol–water partition coefficient (Wildman–Crippen LogP) is 3.26. The molecule has 0 spiro atoms. The summed E-state index contributed by atoms with van der Waals surface area (Å²) in [7, 11) is 0. The number of hydrogen-bond acceptors (Lipinski definition) is 1. The molecule has 0 heterocycles. The molecule has 2 atom stereocenters. The molecule has 3 heteroatoms. The maximum atomic E-state index is 11.2. The fourth-order valence-electron chi connectivity index (χ4n) is 1.92. The van der Waals surface area contributed by atoms with E-state index in [0.29, 0.717) is 0 Å². The summed E-state index contributed by atoms with van der Waals surface area (Å²) in [6.45, 7) is 5.88. The molecular formula is C13H18ClNO. The number of aryl methyl sites for hydroxylation is 1. The van der Waals surface area contributed by atoms with Crippen molar-refractivity contribution in [3.63, 3.8) is 0 Å². The zero-order valence-electron chi connectivity index (χ0n) is 9.96. The minimum atomic E-state index is -0.261. The first-order valence-electron chi connectivity index (χ1n) is 5.52. The van der Waals surface area contributed by atoms with Gasteiger partial charge in [-0.15, -0.1) is 0 Å². The van der Waals surface area contributed by atoms with Gasteiger partial charge in [-0.3, -0.25) is 4.79 Å². The van der Waals surface area contributed by atoms with Crippen LogP contribution in [0.1, 0.15) is 37.3 Å². The van der Waals surface area contributed by atoms with Crippen LogP contribution in [0.15, 0.2) is 18.2 Å². The van der Waals surface area contributed by atoms with Crippen LogP contribution in [0.3, 0.4) is 0 Å². The van der Waals surface area contributed by atoms with Gasteiger partial charge < -0.3 is 5.73 Å². The fraction of sp³-hybridized carbons (Fsp3) is 0.462. The van der Waals surface area contributed by atoms with Gasteiger partial charge in [-0.1, -0.05) is 37.6 Å². The van der Waals surface area contributed by atoms with E-state index in [1.807, 2.05) is 32.0 Å². The molecule has 0 aliphatic heterocycles. The van der Waals surface area contributed by atoms with Crippen LogP contribution in [-0.4, -0.2) is 5.91 Å². The highest BCUT2D eigenvalue weighted by Gasteiger charge is 2.22. The van der Waals surface area contributed by atoms with Gasteiger partial charge in [0, 0.05) is 10.9 Å². The molecule has 2 unspecified atom stereocenters. The van der Waals surface area contributed by atoms with E-state index < -0.39 is 0 Å². The largest absolute Gasteiger partial charge is 0.369 e. The topological polar surface area (TPSA) is 43.1 Å². The summed E-state index contributed by atoms with van der Waals surface area (Å²) < 4.78 is 0. The molecule has 16 heavy (non-hydrogen) atoms. The van der Waals surface area contributed by atoms with Gasteiger partial charge in [0.25, 0.3) is 0 Å². The number of amides is 1. The summed E-state index contributed by atoms with van der Waals surface area (Å²) in [5, 5.41) is 0.743. The van der Waals surface area contributed by atoms with Crippen LogP contribution in [-0.2, 0) is 4.79 Å². The molecule has 0 radical (unpaired) electrons. The monoisotopic (exact) mass is 239 g/mol. The third-order valence-corrected chi connectivity index (χ3v) is 3.52. The van der Waals surface area contributed by atoms with Gasteiger partial charge in [-0.05, 0) is 36.5 Å². The molecule has 88 valence electrons. The van der Waals surface area contributed by atoms with Crippen molar-refractivity contribution in [2.45, 2.75) is 33.1 Å². The van der Waals surface area contributed by atoms with Crippen molar-refractivity contribution >= 4 is 17.5 Å². The smallest absolute Gasteiger partial charge is 0.220 e. The maximum absolute atomic E-state index is 11.2. The van der Waals surface area contributed by atoms with Crippen molar-refractivity contribution in [3.05, 3.63) is 34.3 Å². The van der Waals surface area contributed by atoms with E-state index in [-0.39, 0.29) is 17.7 Å². The Morgan fingerprint density at radius 2 is 2.12 bits per heavy atom. The molecule has 0 saturated heterocycles. The molecule has 0 aliphatic rings. The number of rotatable bonds is 4. The van der Waals surface area contributed by atoms with Crippen molar-refractivity contribution in [2.75, 3.05) is 0 Å². The molecule has 0 aliphatic carbocycles. The van der Waals surface area contributed by atoms with Crippen LogP contribution >= 0.6 is 11.6 Å². The molecule has 1 aromatic carbocycles. The van der Waals surface area contributed by atoms with Crippen LogP contribution in [0.2, 0.25) is 5.02 Å². The second-order valence-electron chi connectivity index (χ2n) is 4.21. The van der Waals surface area contributed by atoms with E-state index >= 15 is 0 Å². The Kier molecular flexibility index (Phi) is 4.36. The summed E-state index contributed by atoms with van der Waals surface area (Å²) in [6.07, 6.45) is 0.878. The third-order valence-electron chi connectivity index (χ3n) is 3.12. The standard InChI is InChI=1S/C13H18ClNO/c1-4-11(9(3)13(15)16)10-6-5-8(2)12(14)7-10/h5-7,9,11H,4H2,1-3H3,(H2,15,16). The molecular weight excluding hydrogens is 222 g/mol. The molecule has 0 fully saturated rings. The van der Waals surface area contributed by atoms with E-state index in [4.69, 9.17) is 17.3 Å². The Hall–Kier alpha value is -1.02. The molecule has 1 aromatic rings. The lowest BCUT2D eigenvalue weighted by molar-refractivity contribution is -0.122. The van der Waals surface area contributed by atoms with Crippen LogP contribution in [0, 0.1) is 12.8 Å². The van der Waals surface area contributed by atoms with Gasteiger partial charge >= 0.3 is 0 Å². The van der Waals surface area contributed by atoms with Crippen molar-refractivity contribution in [2.24, 2.45) is 11.7 Å². The highest BCUT2D eigenvalue weighted by Crippen LogP contribution is 2.30. The van der Waals surface area contributed by atoms with Crippen LogP contribution in [0.5, 0.6) is 0 Å². The Bertz CT molecular complexity index is 390. The number of nitrogens with two attached hydrogens (primary N) is 1. The van der Waals surface area contributed by atoms with E-state index in [1.165, 1.54) is 0 Å². The zero-order chi connectivity index (χ0) is 12.3. The molecule has 2 nitrogen and oxygen atoms in total. The molecule has 1 rings (SSSR count). The Labute approximate surface area is 102 Å². The van der Waals surface area contributed by atoms with E-state index in [0.717, 1.165) is 22.6 Å². The zero-order valence-corrected chi connectivity index (χ0v) is 10.7. The van der Waals surface area contributed by atoms with E-state index in [2.05, 4.69) is 6.92 Å². The Morgan fingerprint density at radius 3 is 2.56 bits per heavy atom. The average molecular weight is 240 g/mol. The van der Waals surface area contributed by atoms with Crippen molar-refractivity contribution < 1.29 is 4.79 Å². The van der Waals surface area contributed by atoms with Crippen LogP contribution < -0.4 is 5.73 Å². The van der Waals surface area contributed by atoms with E-state index in [9.17, 15) is 4.79 Å². The molecule has 0 saturated carbocycles. The van der Waals surface area contributed by atoms with Gasteiger partial charge in [-0.2, -0.15) is 0 Å². The van der Waals surface area contributed by atoms with Gasteiger partial charge in [0.15, 0.2) is 0 Å². The number of carbonyl (C=O) groups is 1. The average Bonchev–Trinajstić information content (AvgIpc) is 2.24. The second kappa shape index (κ2) is 5.35. The lowest BCUT2D eigenvalue weighted by atomic mass is 9.84. The minimum absolute atomic E-state index is 0.149. The second-order valence-corrected chi connectivity index (χ2v) is 4.62. The highest BCUT2D eigenvalue weighted by atomic mass is 35.5. The first-order chi connectivity index (χ1) is 7.47. The quantitative estimate of drug-likeness (QED) is 0.861. The summed E-state index contributed by atoms with van der Waals surface area (Å²) in [6, 6.07) is 5.94. The van der Waals surface area contributed by atoms with Crippen LogP contribution in [0.25, 0.3) is 0 Å². The number of hydrogen-bond donors (Lipinski definition) is 1. The van der Waals surface area contributed by atoms with Crippen molar-refractivity contribution in [1.82, 2.24) is 0 Å². The fourth-order valence-corrected chi connectivity index (χ4v) is 2.10. The number of primary amides is 1. The number of benzene rings is 1. The minimum Gasteiger partial charge on any atom is -0.369 e.